The molecule has 1 nitrogen and oxygen atoms in total. The number of hydrogen-bond donors (Lipinski definition) is 0. The number of benzene rings is 1. The van der Waals surface area contributed by atoms with Crippen molar-refractivity contribution in [1.82, 2.24) is 0 Å². The highest BCUT2D eigenvalue weighted by Crippen LogP contribution is 2.32. The van der Waals surface area contributed by atoms with Gasteiger partial charge in [0, 0.05) is 5.56 Å². The van der Waals surface area contributed by atoms with Crippen LogP contribution in [0.4, 0.5) is 0 Å². The van der Waals surface area contributed by atoms with E-state index in [-0.39, 0.29) is 5.75 Å². The van der Waals surface area contributed by atoms with E-state index in [1.165, 1.54) is 18.4 Å². The van der Waals surface area contributed by atoms with Crippen LogP contribution in [0.3, 0.4) is 0 Å². The van der Waals surface area contributed by atoms with Gasteiger partial charge in [-0.3, -0.25) is 5.11 Å². The third-order valence-corrected chi connectivity index (χ3v) is 2.52. The molecule has 0 spiro atoms. The van der Waals surface area contributed by atoms with Crippen molar-refractivity contribution in [2.75, 3.05) is 0 Å². The fourth-order valence-corrected chi connectivity index (χ4v) is 1.81. The molecule has 0 fully saturated rings. The van der Waals surface area contributed by atoms with Crippen LogP contribution >= 0.6 is 0 Å². The fraction of sp³-hybridized carbons (Fsp3) is 0.333. The lowest BCUT2D eigenvalue weighted by Crippen LogP contribution is -1.91. The Morgan fingerprint density at radius 1 is 1.08 bits per heavy atom. The van der Waals surface area contributed by atoms with Gasteiger partial charge in [0.05, 0.1) is 0 Å². The SMILES string of the molecule is [O]c1ccccc1C1=CCCCC1. The van der Waals surface area contributed by atoms with E-state index < -0.39 is 0 Å². The van der Waals surface area contributed by atoms with Gasteiger partial charge in [-0.2, -0.15) is 0 Å². The summed E-state index contributed by atoms with van der Waals surface area (Å²) in [5.74, 6) is 0.163. The average Bonchev–Trinajstić information content (AvgIpc) is 2.20. The Hall–Kier alpha value is -1.24. The quantitative estimate of drug-likeness (QED) is 0.615. The minimum atomic E-state index is 0.163. The molecule has 0 amide bonds. The molecular weight excluding hydrogens is 160 g/mol. The highest BCUT2D eigenvalue weighted by atomic mass is 16.3. The summed E-state index contributed by atoms with van der Waals surface area (Å²) in [6, 6.07) is 7.31. The molecule has 0 bridgehead atoms. The second-order valence-corrected chi connectivity index (χ2v) is 3.47. The van der Waals surface area contributed by atoms with Gasteiger partial charge in [-0.05, 0) is 37.3 Å². The molecule has 1 aromatic carbocycles. The molecule has 1 aliphatic carbocycles. The van der Waals surface area contributed by atoms with E-state index in [0.29, 0.717) is 0 Å². The third kappa shape index (κ3) is 1.74. The minimum absolute atomic E-state index is 0.163. The van der Waals surface area contributed by atoms with Gasteiger partial charge in [-0.1, -0.05) is 24.3 Å². The average molecular weight is 173 g/mol. The Bertz CT molecular complexity index is 326. The number of rotatable bonds is 1. The van der Waals surface area contributed by atoms with Crippen molar-refractivity contribution in [3.8, 4) is 5.75 Å². The lowest BCUT2D eigenvalue weighted by atomic mass is 9.93. The summed E-state index contributed by atoms with van der Waals surface area (Å²) < 4.78 is 0. The van der Waals surface area contributed by atoms with Crippen molar-refractivity contribution in [1.29, 1.82) is 0 Å². The Kier molecular flexibility index (Phi) is 2.35. The zero-order valence-electron chi connectivity index (χ0n) is 7.62. The van der Waals surface area contributed by atoms with Crippen LogP contribution in [0.1, 0.15) is 31.2 Å². The summed E-state index contributed by atoms with van der Waals surface area (Å²) in [5.41, 5.74) is 2.15. The zero-order chi connectivity index (χ0) is 9.10. The molecule has 0 saturated carbocycles. The largest absolute Gasteiger partial charge is 0.289 e. The van der Waals surface area contributed by atoms with Gasteiger partial charge in [-0.25, -0.2) is 0 Å². The summed E-state index contributed by atoms with van der Waals surface area (Å²) in [6.07, 6.45) is 6.90. The predicted octanol–water partition coefficient (Wildman–Crippen LogP) is 3.79. The molecule has 1 heteroatoms. The van der Waals surface area contributed by atoms with Crippen LogP contribution in [0.15, 0.2) is 30.3 Å². The van der Waals surface area contributed by atoms with Crippen molar-refractivity contribution in [3.63, 3.8) is 0 Å². The van der Waals surface area contributed by atoms with Gasteiger partial charge in [0.1, 0.15) is 0 Å². The number of para-hydroxylation sites is 1. The molecule has 1 aliphatic rings. The summed E-state index contributed by atoms with van der Waals surface area (Å²) in [5, 5.41) is 11.5. The number of allylic oxidation sites excluding steroid dienone is 2. The topological polar surface area (TPSA) is 19.9 Å². The van der Waals surface area contributed by atoms with Crippen molar-refractivity contribution in [2.45, 2.75) is 25.7 Å². The highest BCUT2D eigenvalue weighted by Gasteiger charge is 2.09. The highest BCUT2D eigenvalue weighted by molar-refractivity contribution is 5.70. The first-order valence-electron chi connectivity index (χ1n) is 4.83. The summed E-state index contributed by atoms with van der Waals surface area (Å²) in [7, 11) is 0. The van der Waals surface area contributed by atoms with Crippen molar-refractivity contribution in [3.05, 3.63) is 35.9 Å². The first-order chi connectivity index (χ1) is 6.38. The molecule has 0 heterocycles. The van der Waals surface area contributed by atoms with Crippen LogP contribution in [-0.2, 0) is 5.11 Å². The molecule has 67 valence electrons. The summed E-state index contributed by atoms with van der Waals surface area (Å²) in [4.78, 5) is 0. The summed E-state index contributed by atoms with van der Waals surface area (Å²) in [6.45, 7) is 0. The molecule has 0 aromatic heterocycles. The molecule has 0 aliphatic heterocycles. The van der Waals surface area contributed by atoms with E-state index in [1.807, 2.05) is 12.1 Å². The smallest absolute Gasteiger partial charge is 0.186 e. The molecule has 0 atom stereocenters. The van der Waals surface area contributed by atoms with E-state index >= 15 is 0 Å². The van der Waals surface area contributed by atoms with Gasteiger partial charge in [-0.15, -0.1) is 0 Å². The van der Waals surface area contributed by atoms with E-state index in [2.05, 4.69) is 6.08 Å². The molecular formula is C12H13O. The summed E-state index contributed by atoms with van der Waals surface area (Å²) >= 11 is 0. The standard InChI is InChI=1S/C12H13O/c13-12-9-5-4-8-11(12)10-6-2-1-3-7-10/h4-6,8-9H,1-3,7H2. The molecule has 2 rings (SSSR count). The second kappa shape index (κ2) is 3.65. The van der Waals surface area contributed by atoms with Gasteiger partial charge in [0.2, 0.25) is 0 Å². The van der Waals surface area contributed by atoms with E-state index in [9.17, 15) is 5.11 Å². The van der Waals surface area contributed by atoms with Crippen LogP contribution in [0.25, 0.3) is 5.57 Å². The van der Waals surface area contributed by atoms with Gasteiger partial charge in [0.15, 0.2) is 5.75 Å². The molecule has 1 aromatic rings. The van der Waals surface area contributed by atoms with Gasteiger partial charge < -0.3 is 0 Å². The van der Waals surface area contributed by atoms with Crippen molar-refractivity contribution in [2.24, 2.45) is 0 Å². The van der Waals surface area contributed by atoms with Crippen LogP contribution in [0.2, 0.25) is 0 Å². The Morgan fingerprint density at radius 2 is 1.92 bits per heavy atom. The first-order valence-corrected chi connectivity index (χ1v) is 4.83. The molecule has 1 radical (unpaired) electrons. The Balaban J connectivity index is 2.34. The molecule has 0 unspecified atom stereocenters. The molecule has 0 saturated heterocycles. The van der Waals surface area contributed by atoms with Crippen LogP contribution < -0.4 is 0 Å². The molecule has 13 heavy (non-hydrogen) atoms. The van der Waals surface area contributed by atoms with Crippen LogP contribution in [-0.4, -0.2) is 0 Å². The normalized spacial score (nSPS) is 16.8. The second-order valence-electron chi connectivity index (χ2n) is 3.47. The maximum Gasteiger partial charge on any atom is 0.186 e. The van der Waals surface area contributed by atoms with Crippen LogP contribution in [0, 0.1) is 0 Å². The predicted molar refractivity (Wildman–Crippen MR) is 53.0 cm³/mol. The third-order valence-electron chi connectivity index (χ3n) is 2.52. The van der Waals surface area contributed by atoms with E-state index in [1.54, 1.807) is 12.1 Å². The Morgan fingerprint density at radius 3 is 2.62 bits per heavy atom. The van der Waals surface area contributed by atoms with Gasteiger partial charge in [0.25, 0.3) is 0 Å². The lowest BCUT2D eigenvalue weighted by molar-refractivity contribution is 0.353. The van der Waals surface area contributed by atoms with Crippen molar-refractivity contribution < 1.29 is 5.11 Å². The van der Waals surface area contributed by atoms with Crippen LogP contribution in [0.5, 0.6) is 5.75 Å². The zero-order valence-corrected chi connectivity index (χ0v) is 7.62. The van der Waals surface area contributed by atoms with Crippen molar-refractivity contribution >= 4 is 5.57 Å². The van der Waals surface area contributed by atoms with Gasteiger partial charge >= 0.3 is 0 Å². The van der Waals surface area contributed by atoms with E-state index in [4.69, 9.17) is 0 Å². The maximum absolute atomic E-state index is 11.5. The Labute approximate surface area is 78.7 Å². The fourth-order valence-electron chi connectivity index (χ4n) is 1.81. The number of hydrogen-bond acceptors (Lipinski definition) is 0. The maximum atomic E-state index is 11.5. The first kappa shape index (κ1) is 8.36. The lowest BCUT2D eigenvalue weighted by Gasteiger charge is -2.12. The minimum Gasteiger partial charge on any atom is -0.289 e. The molecule has 0 N–H and O–H groups in total. The monoisotopic (exact) mass is 173 g/mol. The van der Waals surface area contributed by atoms with E-state index in [0.717, 1.165) is 18.4 Å².